The van der Waals surface area contributed by atoms with Gasteiger partial charge in [0, 0.05) is 13.7 Å². The number of rotatable bonds is 23. The number of hydrogen-bond donors (Lipinski definition) is 2. The molecule has 2 unspecified atom stereocenters. The lowest BCUT2D eigenvalue weighted by Gasteiger charge is -2.28. The van der Waals surface area contributed by atoms with Crippen LogP contribution < -0.4 is 0 Å². The van der Waals surface area contributed by atoms with Gasteiger partial charge in [0.2, 0.25) is 0 Å². The van der Waals surface area contributed by atoms with Crippen molar-refractivity contribution in [3.63, 3.8) is 0 Å². The topological polar surface area (TPSA) is 105 Å². The minimum atomic E-state index is -1.22. The standard InChI is InChI=1S/C26H46O9/c1-5-9-30-12-13-32-16-18-34-21-25(2,27)23-7-6-8-24(20-23)26(3,28)22-35-19-17-33-15-14-31-11-10-29-4/h6-8,20,27-28H,5,9-19,21-22H2,1-4H3. The van der Waals surface area contributed by atoms with Gasteiger partial charge in [0.15, 0.2) is 0 Å². The summed E-state index contributed by atoms with van der Waals surface area (Å²) in [7, 11) is 1.63. The van der Waals surface area contributed by atoms with Gasteiger partial charge in [-0.3, -0.25) is 0 Å². The van der Waals surface area contributed by atoms with Crippen molar-refractivity contribution >= 4 is 0 Å². The van der Waals surface area contributed by atoms with Gasteiger partial charge in [0.25, 0.3) is 0 Å². The van der Waals surface area contributed by atoms with E-state index in [4.69, 9.17) is 33.2 Å². The van der Waals surface area contributed by atoms with Crippen LogP contribution in [0.5, 0.6) is 0 Å². The molecule has 9 heteroatoms. The molecule has 204 valence electrons. The number of benzene rings is 1. The van der Waals surface area contributed by atoms with Gasteiger partial charge in [-0.05, 0) is 37.5 Å². The third kappa shape index (κ3) is 14.9. The lowest BCUT2D eigenvalue weighted by atomic mass is 9.90. The molecule has 1 rings (SSSR count). The third-order valence-corrected chi connectivity index (χ3v) is 5.14. The molecule has 1 aromatic carbocycles. The molecule has 2 N–H and O–H groups in total. The second kappa shape index (κ2) is 19.0. The first-order chi connectivity index (χ1) is 16.8. The van der Waals surface area contributed by atoms with Crippen LogP contribution in [0.25, 0.3) is 0 Å². The summed E-state index contributed by atoms with van der Waals surface area (Å²) in [4.78, 5) is 0. The van der Waals surface area contributed by atoms with E-state index in [1.165, 1.54) is 0 Å². The SMILES string of the molecule is CCCOCCOCCOCC(C)(O)c1cccc(C(C)(O)COCCOCCOCCOC)c1. The second-order valence-electron chi connectivity index (χ2n) is 8.68. The molecule has 2 atom stereocenters. The number of aliphatic hydroxyl groups is 2. The summed E-state index contributed by atoms with van der Waals surface area (Å²) in [6.45, 7) is 11.1. The molecule has 0 aromatic heterocycles. The maximum atomic E-state index is 10.9. The monoisotopic (exact) mass is 502 g/mol. The van der Waals surface area contributed by atoms with Crippen molar-refractivity contribution in [3.8, 4) is 0 Å². The van der Waals surface area contributed by atoms with Gasteiger partial charge in [-0.1, -0.05) is 25.1 Å². The maximum absolute atomic E-state index is 10.9. The molecule has 0 aliphatic carbocycles. The van der Waals surface area contributed by atoms with Crippen LogP contribution in [0.15, 0.2) is 24.3 Å². The second-order valence-corrected chi connectivity index (χ2v) is 8.68. The molecule has 0 fully saturated rings. The van der Waals surface area contributed by atoms with E-state index in [0.717, 1.165) is 13.0 Å². The Bertz CT molecular complexity index is 637. The van der Waals surface area contributed by atoms with Crippen molar-refractivity contribution in [2.45, 2.75) is 38.4 Å². The van der Waals surface area contributed by atoms with E-state index in [-0.39, 0.29) is 13.2 Å². The maximum Gasteiger partial charge on any atom is 0.110 e. The Morgan fingerprint density at radius 2 is 0.971 bits per heavy atom. The van der Waals surface area contributed by atoms with Crippen LogP contribution in [0.2, 0.25) is 0 Å². The van der Waals surface area contributed by atoms with Gasteiger partial charge in [0.1, 0.15) is 11.2 Å². The van der Waals surface area contributed by atoms with Crippen molar-refractivity contribution in [3.05, 3.63) is 35.4 Å². The fourth-order valence-electron chi connectivity index (χ4n) is 3.06. The van der Waals surface area contributed by atoms with Gasteiger partial charge in [0.05, 0.1) is 79.3 Å². The fraction of sp³-hybridized carbons (Fsp3) is 0.769. The van der Waals surface area contributed by atoms with Crippen LogP contribution in [0.4, 0.5) is 0 Å². The molecule has 0 amide bonds. The summed E-state index contributed by atoms with van der Waals surface area (Å²) in [6.07, 6.45) is 0.989. The van der Waals surface area contributed by atoms with E-state index in [2.05, 4.69) is 6.92 Å². The van der Waals surface area contributed by atoms with E-state index < -0.39 is 11.2 Å². The predicted octanol–water partition coefficient (Wildman–Crippen LogP) is 2.26. The highest BCUT2D eigenvalue weighted by Gasteiger charge is 2.28. The average Bonchev–Trinajstić information content (AvgIpc) is 2.84. The van der Waals surface area contributed by atoms with Crippen LogP contribution in [0.1, 0.15) is 38.3 Å². The van der Waals surface area contributed by atoms with E-state index in [1.54, 1.807) is 33.1 Å². The number of methoxy groups -OCH3 is 1. The zero-order chi connectivity index (χ0) is 25.8. The third-order valence-electron chi connectivity index (χ3n) is 5.14. The first kappa shape index (κ1) is 31.9. The lowest BCUT2D eigenvalue weighted by Crippen LogP contribution is -2.31. The molecule has 0 radical (unpaired) electrons. The van der Waals surface area contributed by atoms with Crippen LogP contribution in [-0.2, 0) is 44.4 Å². The summed E-state index contributed by atoms with van der Waals surface area (Å²) in [5, 5.41) is 21.8. The Kier molecular flexibility index (Phi) is 17.3. The molecule has 9 nitrogen and oxygen atoms in total. The van der Waals surface area contributed by atoms with Crippen LogP contribution >= 0.6 is 0 Å². The summed E-state index contributed by atoms with van der Waals surface area (Å²) in [5.74, 6) is 0. The number of ether oxygens (including phenoxy) is 7. The molecule has 0 aliphatic rings. The Morgan fingerprint density at radius 1 is 0.600 bits per heavy atom. The molecule has 0 aliphatic heterocycles. The van der Waals surface area contributed by atoms with E-state index >= 15 is 0 Å². The number of hydrogen-bond acceptors (Lipinski definition) is 9. The van der Waals surface area contributed by atoms with Crippen LogP contribution in [0.3, 0.4) is 0 Å². The Balaban J connectivity index is 2.33. The smallest absolute Gasteiger partial charge is 0.110 e. The van der Waals surface area contributed by atoms with Crippen LogP contribution in [-0.4, -0.2) is 103 Å². The molecule has 0 heterocycles. The van der Waals surface area contributed by atoms with Crippen molar-refractivity contribution < 1.29 is 43.4 Å². The fourth-order valence-corrected chi connectivity index (χ4v) is 3.06. The van der Waals surface area contributed by atoms with Crippen molar-refractivity contribution in [1.29, 1.82) is 0 Å². The first-order valence-corrected chi connectivity index (χ1v) is 12.3. The van der Waals surface area contributed by atoms with Gasteiger partial charge in [-0.15, -0.1) is 0 Å². The molecule has 35 heavy (non-hydrogen) atoms. The highest BCUT2D eigenvalue weighted by molar-refractivity contribution is 5.31. The minimum Gasteiger partial charge on any atom is -0.383 e. The molecule has 0 spiro atoms. The molecule has 1 aromatic rings. The molecule has 0 saturated heterocycles. The van der Waals surface area contributed by atoms with Gasteiger partial charge < -0.3 is 43.4 Å². The molecular weight excluding hydrogens is 456 g/mol. The quantitative estimate of drug-likeness (QED) is 0.218. The summed E-state index contributed by atoms with van der Waals surface area (Å²) in [5.41, 5.74) is -1.13. The Hall–Kier alpha value is -1.14. The normalized spacial score (nSPS) is 15.1. The van der Waals surface area contributed by atoms with Gasteiger partial charge in [-0.2, -0.15) is 0 Å². The molecule has 0 saturated carbocycles. The highest BCUT2D eigenvalue weighted by atomic mass is 16.6. The summed E-state index contributed by atoms with van der Waals surface area (Å²) < 4.78 is 37.7. The first-order valence-electron chi connectivity index (χ1n) is 12.3. The van der Waals surface area contributed by atoms with E-state index in [0.29, 0.717) is 77.2 Å². The Morgan fingerprint density at radius 3 is 1.37 bits per heavy atom. The Labute approximate surface area is 210 Å². The molecule has 0 bridgehead atoms. The summed E-state index contributed by atoms with van der Waals surface area (Å²) >= 11 is 0. The average molecular weight is 503 g/mol. The zero-order valence-corrected chi connectivity index (χ0v) is 22.0. The van der Waals surface area contributed by atoms with E-state index in [9.17, 15) is 10.2 Å². The predicted molar refractivity (Wildman–Crippen MR) is 133 cm³/mol. The van der Waals surface area contributed by atoms with E-state index in [1.807, 2.05) is 12.1 Å². The van der Waals surface area contributed by atoms with Crippen molar-refractivity contribution in [2.75, 3.05) is 93.0 Å². The van der Waals surface area contributed by atoms with Gasteiger partial charge in [-0.25, -0.2) is 0 Å². The largest absolute Gasteiger partial charge is 0.383 e. The highest BCUT2D eigenvalue weighted by Crippen LogP contribution is 2.27. The van der Waals surface area contributed by atoms with Crippen LogP contribution in [0, 0.1) is 0 Å². The molecular formula is C26H46O9. The zero-order valence-electron chi connectivity index (χ0n) is 22.0. The van der Waals surface area contributed by atoms with Gasteiger partial charge >= 0.3 is 0 Å². The van der Waals surface area contributed by atoms with Crippen molar-refractivity contribution in [1.82, 2.24) is 0 Å². The van der Waals surface area contributed by atoms with Crippen molar-refractivity contribution in [2.24, 2.45) is 0 Å². The lowest BCUT2D eigenvalue weighted by molar-refractivity contribution is -0.0586. The minimum absolute atomic E-state index is 0.0993. The summed E-state index contributed by atoms with van der Waals surface area (Å²) in [6, 6.07) is 7.21.